The SMILES string of the molecule is C/C=C/C1=CC=C(N(c2ccccc2)c2ccc(/C=C/C=C\c3ccccc3)cc2)CC1. The molecule has 3 aromatic carbocycles. The second-order valence-electron chi connectivity index (χ2n) is 7.79. The van der Waals surface area contributed by atoms with Crippen molar-refractivity contribution in [2.24, 2.45) is 0 Å². The number of nitrogens with zero attached hydrogens (tertiary/aromatic N) is 1. The van der Waals surface area contributed by atoms with E-state index in [-0.39, 0.29) is 0 Å². The number of rotatable bonds is 7. The van der Waals surface area contributed by atoms with E-state index >= 15 is 0 Å². The van der Waals surface area contributed by atoms with Gasteiger partial charge < -0.3 is 4.90 Å². The number of anilines is 2. The molecule has 158 valence electrons. The second-order valence-corrected chi connectivity index (χ2v) is 7.79. The molecule has 0 aromatic heterocycles. The summed E-state index contributed by atoms with van der Waals surface area (Å²) in [6, 6.07) is 29.8. The van der Waals surface area contributed by atoms with Crippen LogP contribution in [0.15, 0.2) is 133 Å². The van der Waals surface area contributed by atoms with Crippen LogP contribution in [0.3, 0.4) is 0 Å². The summed E-state index contributed by atoms with van der Waals surface area (Å²) in [5, 5.41) is 0. The van der Waals surface area contributed by atoms with Gasteiger partial charge in [-0.15, -0.1) is 0 Å². The minimum absolute atomic E-state index is 1.02. The average molecular weight is 416 g/mol. The van der Waals surface area contributed by atoms with E-state index in [0.29, 0.717) is 0 Å². The molecule has 0 radical (unpaired) electrons. The monoisotopic (exact) mass is 415 g/mol. The van der Waals surface area contributed by atoms with Crippen molar-refractivity contribution in [3.05, 3.63) is 144 Å². The highest BCUT2D eigenvalue weighted by Crippen LogP contribution is 2.34. The fourth-order valence-corrected chi connectivity index (χ4v) is 3.87. The summed E-state index contributed by atoms with van der Waals surface area (Å²) < 4.78 is 0. The lowest BCUT2D eigenvalue weighted by atomic mass is 10.00. The molecule has 0 amide bonds. The Balaban J connectivity index is 1.55. The number of allylic oxidation sites excluding steroid dienone is 8. The molecule has 4 rings (SSSR count). The Morgan fingerprint density at radius 3 is 1.78 bits per heavy atom. The van der Waals surface area contributed by atoms with Gasteiger partial charge in [-0.05, 0) is 66.8 Å². The van der Waals surface area contributed by atoms with Crippen LogP contribution in [0.4, 0.5) is 11.4 Å². The first-order valence-corrected chi connectivity index (χ1v) is 11.2. The van der Waals surface area contributed by atoms with Gasteiger partial charge in [-0.1, -0.05) is 103 Å². The summed E-state index contributed by atoms with van der Waals surface area (Å²) in [7, 11) is 0. The molecule has 0 fully saturated rings. The molecule has 0 saturated heterocycles. The topological polar surface area (TPSA) is 3.24 Å². The summed E-state index contributed by atoms with van der Waals surface area (Å²) in [5.74, 6) is 0. The molecule has 0 saturated carbocycles. The van der Waals surface area contributed by atoms with Gasteiger partial charge in [0.2, 0.25) is 0 Å². The van der Waals surface area contributed by atoms with Gasteiger partial charge in [0, 0.05) is 17.1 Å². The van der Waals surface area contributed by atoms with Crippen LogP contribution >= 0.6 is 0 Å². The average Bonchev–Trinajstić information content (AvgIpc) is 2.85. The van der Waals surface area contributed by atoms with E-state index in [9.17, 15) is 0 Å². The Kier molecular flexibility index (Phi) is 7.34. The molecule has 32 heavy (non-hydrogen) atoms. The first-order valence-electron chi connectivity index (χ1n) is 11.2. The molecule has 0 atom stereocenters. The Hall–Kier alpha value is -3.84. The number of hydrogen-bond donors (Lipinski definition) is 0. The van der Waals surface area contributed by atoms with Crippen LogP contribution in [0.2, 0.25) is 0 Å². The van der Waals surface area contributed by atoms with E-state index in [4.69, 9.17) is 0 Å². The molecule has 1 heteroatoms. The van der Waals surface area contributed by atoms with E-state index in [1.54, 1.807) is 0 Å². The third-order valence-electron chi connectivity index (χ3n) is 5.48. The Morgan fingerprint density at radius 1 is 0.594 bits per heavy atom. The summed E-state index contributed by atoms with van der Waals surface area (Å²) in [5.41, 5.74) is 7.47. The lowest BCUT2D eigenvalue weighted by Gasteiger charge is -2.29. The summed E-state index contributed by atoms with van der Waals surface area (Å²) in [4.78, 5) is 2.37. The fraction of sp³-hybridized carbons (Fsp3) is 0.0968. The van der Waals surface area contributed by atoms with Crippen molar-refractivity contribution in [1.29, 1.82) is 0 Å². The van der Waals surface area contributed by atoms with Gasteiger partial charge in [0.1, 0.15) is 0 Å². The zero-order valence-corrected chi connectivity index (χ0v) is 18.6. The number of hydrogen-bond acceptors (Lipinski definition) is 1. The van der Waals surface area contributed by atoms with Crippen molar-refractivity contribution in [2.75, 3.05) is 4.90 Å². The molecule has 3 aromatic rings. The van der Waals surface area contributed by atoms with Crippen LogP contribution < -0.4 is 4.90 Å². The van der Waals surface area contributed by atoms with Gasteiger partial charge in [0.25, 0.3) is 0 Å². The van der Waals surface area contributed by atoms with Crippen LogP contribution in [0.5, 0.6) is 0 Å². The maximum absolute atomic E-state index is 2.37. The van der Waals surface area contributed by atoms with Crippen molar-refractivity contribution in [1.82, 2.24) is 0 Å². The third kappa shape index (κ3) is 5.65. The standard InChI is InChI=1S/C31H29N/c1-2-11-26-18-22-30(23-19-26)32(29-16-7-4-8-17-29)31-24-20-28(21-25-31)15-10-9-14-27-12-5-3-6-13-27/h2-18,20-22,24-25H,19,23H2,1H3/b11-2+,14-9-,15-10+. The largest absolute Gasteiger partial charge is 0.314 e. The number of para-hydroxylation sites is 1. The van der Waals surface area contributed by atoms with Gasteiger partial charge >= 0.3 is 0 Å². The van der Waals surface area contributed by atoms with E-state index in [1.807, 2.05) is 6.07 Å². The summed E-state index contributed by atoms with van der Waals surface area (Å²) >= 11 is 0. The highest BCUT2D eigenvalue weighted by Gasteiger charge is 2.16. The van der Waals surface area contributed by atoms with Crippen LogP contribution in [0.1, 0.15) is 30.9 Å². The lowest BCUT2D eigenvalue weighted by molar-refractivity contribution is 0.891. The van der Waals surface area contributed by atoms with Gasteiger partial charge in [0.05, 0.1) is 0 Å². The van der Waals surface area contributed by atoms with Crippen LogP contribution in [-0.2, 0) is 0 Å². The Labute approximate surface area is 192 Å². The van der Waals surface area contributed by atoms with E-state index in [0.717, 1.165) is 12.8 Å². The quantitative estimate of drug-likeness (QED) is 0.349. The highest BCUT2D eigenvalue weighted by molar-refractivity contribution is 5.70. The van der Waals surface area contributed by atoms with E-state index in [2.05, 4.69) is 139 Å². The van der Waals surface area contributed by atoms with Crippen LogP contribution in [-0.4, -0.2) is 0 Å². The van der Waals surface area contributed by atoms with Crippen molar-refractivity contribution in [3.8, 4) is 0 Å². The second kappa shape index (κ2) is 11.0. The van der Waals surface area contributed by atoms with Crippen molar-refractivity contribution >= 4 is 23.5 Å². The highest BCUT2D eigenvalue weighted by atomic mass is 15.1. The van der Waals surface area contributed by atoms with Crippen molar-refractivity contribution < 1.29 is 0 Å². The third-order valence-corrected chi connectivity index (χ3v) is 5.48. The maximum Gasteiger partial charge on any atom is 0.0458 e. The number of benzene rings is 3. The fourth-order valence-electron chi connectivity index (χ4n) is 3.87. The van der Waals surface area contributed by atoms with Crippen LogP contribution in [0, 0.1) is 0 Å². The molecule has 0 unspecified atom stereocenters. The van der Waals surface area contributed by atoms with Gasteiger partial charge in [-0.2, -0.15) is 0 Å². The Bertz CT molecular complexity index is 1140. The van der Waals surface area contributed by atoms with Gasteiger partial charge in [-0.25, -0.2) is 0 Å². The maximum atomic E-state index is 2.37. The Morgan fingerprint density at radius 2 is 1.19 bits per heavy atom. The minimum Gasteiger partial charge on any atom is -0.314 e. The molecule has 1 aliphatic carbocycles. The summed E-state index contributed by atoms with van der Waals surface area (Å²) in [6.07, 6.45) is 19.3. The zero-order chi connectivity index (χ0) is 22.0. The van der Waals surface area contributed by atoms with Crippen molar-refractivity contribution in [2.45, 2.75) is 19.8 Å². The predicted molar refractivity (Wildman–Crippen MR) is 140 cm³/mol. The molecule has 0 N–H and O–H groups in total. The molecule has 1 nitrogen and oxygen atoms in total. The predicted octanol–water partition coefficient (Wildman–Crippen LogP) is 8.73. The zero-order valence-electron chi connectivity index (χ0n) is 18.6. The molecular formula is C31H29N. The van der Waals surface area contributed by atoms with Crippen LogP contribution in [0.25, 0.3) is 12.2 Å². The molecule has 0 aliphatic heterocycles. The molecule has 0 heterocycles. The molecular weight excluding hydrogens is 386 g/mol. The first-order chi connectivity index (χ1) is 15.8. The van der Waals surface area contributed by atoms with Gasteiger partial charge in [-0.3, -0.25) is 0 Å². The molecule has 0 spiro atoms. The lowest BCUT2D eigenvalue weighted by Crippen LogP contribution is -2.17. The van der Waals surface area contributed by atoms with E-state index in [1.165, 1.54) is 33.8 Å². The molecule has 0 bridgehead atoms. The van der Waals surface area contributed by atoms with Gasteiger partial charge in [0.15, 0.2) is 0 Å². The summed E-state index contributed by atoms with van der Waals surface area (Å²) in [6.45, 7) is 2.07. The van der Waals surface area contributed by atoms with Crippen molar-refractivity contribution in [3.63, 3.8) is 0 Å². The normalized spacial score (nSPS) is 14.2. The first kappa shape index (κ1) is 21.4. The molecule has 1 aliphatic rings. The van der Waals surface area contributed by atoms with E-state index < -0.39 is 0 Å². The minimum atomic E-state index is 1.02. The smallest absolute Gasteiger partial charge is 0.0458 e.